The monoisotopic (exact) mass is 456 g/mol. The molecule has 4 aromatic rings. The van der Waals surface area contributed by atoms with Gasteiger partial charge in [-0.1, -0.05) is 54.6 Å². The van der Waals surface area contributed by atoms with Crippen molar-refractivity contribution in [2.75, 3.05) is 21.3 Å². The van der Waals surface area contributed by atoms with Gasteiger partial charge in [-0.25, -0.2) is 4.39 Å². The van der Waals surface area contributed by atoms with Gasteiger partial charge >= 0.3 is 0 Å². The average molecular weight is 457 g/mol. The van der Waals surface area contributed by atoms with E-state index >= 15 is 4.39 Å². The molecule has 0 amide bonds. The molecule has 0 aromatic heterocycles. The first-order valence-electron chi connectivity index (χ1n) is 11.3. The maximum absolute atomic E-state index is 16.1. The molecule has 3 nitrogen and oxygen atoms in total. The Labute approximate surface area is 200 Å². The summed E-state index contributed by atoms with van der Waals surface area (Å²) in [5, 5.41) is 0. The molecule has 0 bridgehead atoms. The van der Waals surface area contributed by atoms with E-state index in [2.05, 4.69) is 12.1 Å². The molecule has 0 N–H and O–H groups in total. The second-order valence-electron chi connectivity index (χ2n) is 8.22. The summed E-state index contributed by atoms with van der Waals surface area (Å²) in [4.78, 5) is 0. The smallest absolute Gasteiger partial charge is 0.130 e. The summed E-state index contributed by atoms with van der Waals surface area (Å²) in [5.74, 6) is 2.04. The molecule has 4 aromatic carbocycles. The SMILES string of the molecule is COc1ccc(Cc2cc(OC)c(Cc3ccccc3)c(Cc3cccc(OC)c3)c2F)cc1. The summed E-state index contributed by atoms with van der Waals surface area (Å²) < 4.78 is 32.6. The van der Waals surface area contributed by atoms with E-state index in [0.29, 0.717) is 36.1 Å². The van der Waals surface area contributed by atoms with Gasteiger partial charge in [0, 0.05) is 24.8 Å². The van der Waals surface area contributed by atoms with Crippen LogP contribution in [0.2, 0.25) is 0 Å². The average Bonchev–Trinajstić information content (AvgIpc) is 2.89. The van der Waals surface area contributed by atoms with Crippen LogP contribution in [0.3, 0.4) is 0 Å². The van der Waals surface area contributed by atoms with Crippen molar-refractivity contribution < 1.29 is 18.6 Å². The maximum atomic E-state index is 16.1. The molecule has 0 aliphatic heterocycles. The molecule has 4 heteroatoms. The lowest BCUT2D eigenvalue weighted by atomic mass is 9.90. The molecule has 174 valence electrons. The third-order valence-corrected chi connectivity index (χ3v) is 6.03. The molecule has 34 heavy (non-hydrogen) atoms. The Hall–Kier alpha value is -3.79. The summed E-state index contributed by atoms with van der Waals surface area (Å²) in [7, 11) is 4.92. The molecule has 0 heterocycles. The molecule has 4 rings (SSSR count). The van der Waals surface area contributed by atoms with Crippen LogP contribution in [-0.4, -0.2) is 21.3 Å². The number of benzene rings is 4. The number of methoxy groups -OCH3 is 3. The van der Waals surface area contributed by atoms with Gasteiger partial charge in [0.25, 0.3) is 0 Å². The molecule has 0 spiro atoms. The third-order valence-electron chi connectivity index (χ3n) is 6.03. The first-order chi connectivity index (χ1) is 16.6. The van der Waals surface area contributed by atoms with Crippen molar-refractivity contribution in [2.24, 2.45) is 0 Å². The number of rotatable bonds is 9. The Bertz CT molecular complexity index is 1230. The van der Waals surface area contributed by atoms with Crippen molar-refractivity contribution in [3.05, 3.63) is 124 Å². The fourth-order valence-electron chi connectivity index (χ4n) is 4.22. The van der Waals surface area contributed by atoms with E-state index in [1.165, 1.54) is 0 Å². The van der Waals surface area contributed by atoms with Gasteiger partial charge in [-0.2, -0.15) is 0 Å². The van der Waals surface area contributed by atoms with E-state index in [1.54, 1.807) is 21.3 Å². The highest BCUT2D eigenvalue weighted by molar-refractivity contribution is 5.50. The molecule has 0 atom stereocenters. The van der Waals surface area contributed by atoms with Crippen LogP contribution in [0, 0.1) is 5.82 Å². The maximum Gasteiger partial charge on any atom is 0.130 e. The zero-order valence-electron chi connectivity index (χ0n) is 19.8. The Kier molecular flexibility index (Phi) is 7.48. The summed E-state index contributed by atoms with van der Waals surface area (Å²) in [6.45, 7) is 0. The lowest BCUT2D eigenvalue weighted by Gasteiger charge is -2.19. The lowest BCUT2D eigenvalue weighted by Crippen LogP contribution is -2.08. The summed E-state index contributed by atoms with van der Waals surface area (Å²) in [5.41, 5.74) is 5.22. The van der Waals surface area contributed by atoms with Crippen molar-refractivity contribution in [1.29, 1.82) is 0 Å². The first-order valence-corrected chi connectivity index (χ1v) is 11.3. The highest BCUT2D eigenvalue weighted by Crippen LogP contribution is 2.33. The van der Waals surface area contributed by atoms with E-state index in [-0.39, 0.29) is 5.82 Å². The predicted octanol–water partition coefficient (Wildman–Crippen LogP) is 6.62. The fourth-order valence-corrected chi connectivity index (χ4v) is 4.22. The van der Waals surface area contributed by atoms with Gasteiger partial charge in [-0.15, -0.1) is 0 Å². The van der Waals surface area contributed by atoms with E-state index in [9.17, 15) is 0 Å². The lowest BCUT2D eigenvalue weighted by molar-refractivity contribution is 0.407. The second kappa shape index (κ2) is 10.9. The van der Waals surface area contributed by atoms with Crippen LogP contribution in [0.15, 0.2) is 84.9 Å². The quantitative estimate of drug-likeness (QED) is 0.283. The highest BCUT2D eigenvalue weighted by Gasteiger charge is 2.20. The minimum Gasteiger partial charge on any atom is -0.497 e. The van der Waals surface area contributed by atoms with Gasteiger partial charge in [0.1, 0.15) is 23.1 Å². The molecular formula is C30H29FO3. The van der Waals surface area contributed by atoms with E-state index in [0.717, 1.165) is 33.8 Å². The van der Waals surface area contributed by atoms with Gasteiger partial charge in [-0.3, -0.25) is 0 Å². The zero-order chi connectivity index (χ0) is 23.9. The summed E-state index contributed by atoms with van der Waals surface area (Å²) in [6.07, 6.45) is 1.49. The van der Waals surface area contributed by atoms with E-state index < -0.39 is 0 Å². The van der Waals surface area contributed by atoms with Crippen LogP contribution >= 0.6 is 0 Å². The van der Waals surface area contributed by atoms with Crippen LogP contribution in [0.1, 0.15) is 33.4 Å². The van der Waals surface area contributed by atoms with Crippen molar-refractivity contribution in [1.82, 2.24) is 0 Å². The van der Waals surface area contributed by atoms with Crippen LogP contribution in [0.5, 0.6) is 17.2 Å². The zero-order valence-corrected chi connectivity index (χ0v) is 19.8. The minimum absolute atomic E-state index is 0.189. The molecule has 0 aliphatic carbocycles. The normalized spacial score (nSPS) is 10.7. The summed E-state index contributed by atoms with van der Waals surface area (Å²) >= 11 is 0. The molecule has 0 unspecified atom stereocenters. The fraction of sp³-hybridized carbons (Fsp3) is 0.200. The van der Waals surface area contributed by atoms with Gasteiger partial charge in [0.15, 0.2) is 0 Å². The number of hydrogen-bond acceptors (Lipinski definition) is 3. The number of halogens is 1. The van der Waals surface area contributed by atoms with E-state index in [1.807, 2.05) is 72.8 Å². The standard InChI is InChI=1S/C30H29FO3/c1-32-25-14-12-22(13-15-25)16-24-20-29(34-3)27(18-21-8-5-4-6-9-21)28(30(24)31)19-23-10-7-11-26(17-23)33-2/h4-15,17,20H,16,18-19H2,1-3H3. The van der Waals surface area contributed by atoms with Gasteiger partial charge in [0.2, 0.25) is 0 Å². The van der Waals surface area contributed by atoms with Crippen LogP contribution < -0.4 is 14.2 Å². The number of ether oxygens (including phenoxy) is 3. The van der Waals surface area contributed by atoms with Crippen LogP contribution in [0.4, 0.5) is 4.39 Å². The van der Waals surface area contributed by atoms with Crippen LogP contribution in [-0.2, 0) is 19.3 Å². The molecule has 0 saturated carbocycles. The molecule has 0 saturated heterocycles. The molecule has 0 radical (unpaired) electrons. The third kappa shape index (κ3) is 5.40. The largest absolute Gasteiger partial charge is 0.497 e. The van der Waals surface area contributed by atoms with Crippen molar-refractivity contribution in [3.8, 4) is 17.2 Å². The van der Waals surface area contributed by atoms with E-state index in [4.69, 9.17) is 14.2 Å². The number of hydrogen-bond donors (Lipinski definition) is 0. The van der Waals surface area contributed by atoms with Crippen LogP contribution in [0.25, 0.3) is 0 Å². The van der Waals surface area contributed by atoms with Crippen molar-refractivity contribution in [3.63, 3.8) is 0 Å². The Morgan fingerprint density at radius 3 is 1.88 bits per heavy atom. The topological polar surface area (TPSA) is 27.7 Å². The van der Waals surface area contributed by atoms with Gasteiger partial charge in [0.05, 0.1) is 21.3 Å². The Balaban J connectivity index is 1.79. The summed E-state index contributed by atoms with van der Waals surface area (Å²) in [6, 6.07) is 27.4. The first kappa shape index (κ1) is 23.4. The second-order valence-corrected chi connectivity index (χ2v) is 8.22. The molecule has 0 aliphatic rings. The van der Waals surface area contributed by atoms with Gasteiger partial charge < -0.3 is 14.2 Å². The molecule has 0 fully saturated rings. The highest BCUT2D eigenvalue weighted by atomic mass is 19.1. The predicted molar refractivity (Wildman–Crippen MR) is 134 cm³/mol. The molecular weight excluding hydrogens is 427 g/mol. The van der Waals surface area contributed by atoms with Crippen molar-refractivity contribution >= 4 is 0 Å². The minimum atomic E-state index is -0.189. The van der Waals surface area contributed by atoms with Gasteiger partial charge in [-0.05, 0) is 58.1 Å². The van der Waals surface area contributed by atoms with Crippen molar-refractivity contribution in [2.45, 2.75) is 19.3 Å². The Morgan fingerprint density at radius 2 is 1.21 bits per heavy atom. The Morgan fingerprint density at radius 1 is 0.559 bits per heavy atom.